The Hall–Kier alpha value is -2.79. The lowest BCUT2D eigenvalue weighted by Crippen LogP contribution is -2.29. The maximum atomic E-state index is 13.3. The van der Waals surface area contributed by atoms with E-state index in [0.717, 1.165) is 43.4 Å². The summed E-state index contributed by atoms with van der Waals surface area (Å²) in [4.78, 5) is 15.8. The standard InChI is InChI=1S/C30H34N4O3S3/c1-2-3-4-5-9-19-33-29(35)27(39-30(33)38)21-24-22-34(25-14-7-6-8-15-25)31-28(24)23-13-12-16-26(20-23)40(36,37)32-17-10-11-18-32/h6-8,12-16,20-22H,2-5,9-11,17-19H2,1H3. The number of nitrogens with zero attached hydrogens (tertiary/aromatic N) is 4. The number of carbonyl (C=O) groups is 1. The van der Waals surface area contributed by atoms with Gasteiger partial charge in [-0.05, 0) is 49.6 Å². The van der Waals surface area contributed by atoms with Crippen molar-refractivity contribution in [1.29, 1.82) is 0 Å². The molecule has 0 radical (unpaired) electrons. The van der Waals surface area contributed by atoms with Crippen LogP contribution in [0.3, 0.4) is 0 Å². The number of rotatable bonds is 11. The first kappa shape index (κ1) is 28.7. The smallest absolute Gasteiger partial charge is 0.266 e. The van der Waals surface area contributed by atoms with Crippen LogP contribution in [0.15, 0.2) is 70.6 Å². The molecule has 2 aliphatic heterocycles. The van der Waals surface area contributed by atoms with E-state index in [1.165, 1.54) is 24.6 Å². The number of unbranched alkanes of at least 4 members (excludes halogenated alkanes) is 4. The SMILES string of the molecule is CCCCCCCN1C(=O)C(=Cc2cn(-c3ccccc3)nc2-c2cccc(S(=O)(=O)N3CCCC3)c2)SC1=S. The Kier molecular flexibility index (Phi) is 9.20. The molecular formula is C30H34N4O3S3. The van der Waals surface area contributed by atoms with Crippen molar-refractivity contribution in [1.82, 2.24) is 19.0 Å². The van der Waals surface area contributed by atoms with Crippen LogP contribution in [0.25, 0.3) is 23.0 Å². The largest absolute Gasteiger partial charge is 0.293 e. The van der Waals surface area contributed by atoms with E-state index in [1.54, 1.807) is 32.1 Å². The molecule has 0 spiro atoms. The molecule has 0 aliphatic carbocycles. The maximum Gasteiger partial charge on any atom is 0.266 e. The summed E-state index contributed by atoms with van der Waals surface area (Å²) >= 11 is 6.87. The average Bonchev–Trinajstić information content (AvgIpc) is 3.71. The van der Waals surface area contributed by atoms with Gasteiger partial charge in [0.2, 0.25) is 10.0 Å². The number of benzene rings is 2. The van der Waals surface area contributed by atoms with E-state index < -0.39 is 10.0 Å². The summed E-state index contributed by atoms with van der Waals surface area (Å²) in [6.07, 6.45) is 11.0. The van der Waals surface area contributed by atoms with Crippen molar-refractivity contribution in [2.75, 3.05) is 19.6 Å². The van der Waals surface area contributed by atoms with Gasteiger partial charge in [-0.15, -0.1) is 0 Å². The molecule has 2 aromatic carbocycles. The molecule has 0 unspecified atom stereocenters. The van der Waals surface area contributed by atoms with E-state index in [1.807, 2.05) is 48.7 Å². The molecular weight excluding hydrogens is 561 g/mol. The van der Waals surface area contributed by atoms with E-state index in [2.05, 4.69) is 6.92 Å². The minimum absolute atomic E-state index is 0.0886. The Balaban J connectivity index is 1.48. The Bertz CT molecular complexity index is 1510. The molecule has 0 atom stereocenters. The van der Waals surface area contributed by atoms with Crippen LogP contribution in [0.1, 0.15) is 57.4 Å². The van der Waals surface area contributed by atoms with Gasteiger partial charge < -0.3 is 0 Å². The number of hydrogen-bond acceptors (Lipinski definition) is 6. The molecule has 2 saturated heterocycles. The van der Waals surface area contributed by atoms with E-state index in [9.17, 15) is 13.2 Å². The van der Waals surface area contributed by atoms with Gasteiger partial charge >= 0.3 is 0 Å². The second-order valence-corrected chi connectivity index (χ2v) is 13.7. The van der Waals surface area contributed by atoms with E-state index >= 15 is 0 Å². The monoisotopic (exact) mass is 594 g/mol. The Morgan fingerprint density at radius 3 is 2.50 bits per heavy atom. The highest BCUT2D eigenvalue weighted by molar-refractivity contribution is 8.26. The third-order valence-corrected chi connectivity index (χ3v) is 10.5. The van der Waals surface area contributed by atoms with Gasteiger partial charge in [-0.2, -0.15) is 9.40 Å². The molecule has 1 amide bonds. The normalized spacial score (nSPS) is 17.4. The number of para-hydroxylation sites is 1. The highest BCUT2D eigenvalue weighted by Gasteiger charge is 2.32. The molecule has 3 heterocycles. The number of carbonyl (C=O) groups excluding carboxylic acids is 1. The fraction of sp³-hybridized carbons (Fsp3) is 0.367. The van der Waals surface area contributed by atoms with Crippen LogP contribution >= 0.6 is 24.0 Å². The first-order valence-electron chi connectivity index (χ1n) is 13.9. The molecule has 3 aromatic rings. The lowest BCUT2D eigenvalue weighted by molar-refractivity contribution is -0.122. The number of hydrogen-bond donors (Lipinski definition) is 0. The topological polar surface area (TPSA) is 75.5 Å². The van der Waals surface area contributed by atoms with Gasteiger partial charge in [0.15, 0.2) is 0 Å². The van der Waals surface area contributed by atoms with Crippen LogP contribution in [-0.4, -0.2) is 57.3 Å². The average molecular weight is 595 g/mol. The lowest BCUT2D eigenvalue weighted by Gasteiger charge is -2.16. The van der Waals surface area contributed by atoms with E-state index in [-0.39, 0.29) is 10.8 Å². The summed E-state index contributed by atoms with van der Waals surface area (Å²) in [6.45, 7) is 3.89. The number of sulfonamides is 1. The van der Waals surface area contributed by atoms with Gasteiger partial charge in [-0.25, -0.2) is 13.1 Å². The van der Waals surface area contributed by atoms with Gasteiger partial charge in [-0.3, -0.25) is 9.69 Å². The molecule has 10 heteroatoms. The van der Waals surface area contributed by atoms with Gasteiger partial charge in [-0.1, -0.05) is 86.9 Å². The molecule has 1 aromatic heterocycles. The Morgan fingerprint density at radius 2 is 1.75 bits per heavy atom. The van der Waals surface area contributed by atoms with Crippen molar-refractivity contribution in [3.05, 3.63) is 71.3 Å². The van der Waals surface area contributed by atoms with Crippen LogP contribution < -0.4 is 0 Å². The minimum Gasteiger partial charge on any atom is -0.293 e. The van der Waals surface area contributed by atoms with Crippen molar-refractivity contribution in [3.8, 4) is 16.9 Å². The third-order valence-electron chi connectivity index (χ3n) is 7.22. The highest BCUT2D eigenvalue weighted by atomic mass is 32.2. The first-order valence-corrected chi connectivity index (χ1v) is 16.6. The molecule has 40 heavy (non-hydrogen) atoms. The van der Waals surface area contributed by atoms with Crippen LogP contribution in [0.5, 0.6) is 0 Å². The van der Waals surface area contributed by atoms with Gasteiger partial charge in [0.25, 0.3) is 5.91 Å². The van der Waals surface area contributed by atoms with Crippen LogP contribution in [0, 0.1) is 0 Å². The second kappa shape index (κ2) is 12.8. The van der Waals surface area contributed by atoms with Gasteiger partial charge in [0, 0.05) is 37.0 Å². The summed E-state index contributed by atoms with van der Waals surface area (Å²) in [5, 5.41) is 4.85. The zero-order valence-corrected chi connectivity index (χ0v) is 25.1. The summed E-state index contributed by atoms with van der Waals surface area (Å²) in [6, 6.07) is 16.6. The van der Waals surface area contributed by atoms with Crippen LogP contribution in [0.2, 0.25) is 0 Å². The van der Waals surface area contributed by atoms with Gasteiger partial charge in [0.05, 0.1) is 15.5 Å². The number of thiocarbonyl (C=S) groups is 1. The van der Waals surface area contributed by atoms with Crippen LogP contribution in [-0.2, 0) is 14.8 Å². The summed E-state index contributed by atoms with van der Waals surface area (Å²) in [7, 11) is -3.59. The van der Waals surface area contributed by atoms with E-state index in [4.69, 9.17) is 17.3 Å². The molecule has 2 aliphatic rings. The second-order valence-electron chi connectivity index (χ2n) is 10.1. The van der Waals surface area contributed by atoms with Crippen molar-refractivity contribution in [2.45, 2.75) is 56.8 Å². The number of thioether (sulfide) groups is 1. The highest BCUT2D eigenvalue weighted by Crippen LogP contribution is 2.36. The summed E-state index contributed by atoms with van der Waals surface area (Å²) < 4.78 is 30.5. The molecule has 2 fully saturated rings. The maximum absolute atomic E-state index is 13.3. The predicted octanol–water partition coefficient (Wildman–Crippen LogP) is 6.50. The van der Waals surface area contributed by atoms with Crippen molar-refractivity contribution >= 4 is 50.3 Å². The molecule has 0 N–H and O–H groups in total. The predicted molar refractivity (Wildman–Crippen MR) is 166 cm³/mol. The van der Waals surface area contributed by atoms with Crippen molar-refractivity contribution in [2.24, 2.45) is 0 Å². The Labute approximate surface area is 246 Å². The molecule has 210 valence electrons. The fourth-order valence-corrected chi connectivity index (χ4v) is 7.88. The number of aromatic nitrogens is 2. The third kappa shape index (κ3) is 6.25. The number of amides is 1. The Morgan fingerprint density at radius 1 is 1.00 bits per heavy atom. The summed E-state index contributed by atoms with van der Waals surface area (Å²) in [5.74, 6) is -0.0886. The fourth-order valence-electron chi connectivity index (χ4n) is 5.02. The zero-order valence-electron chi connectivity index (χ0n) is 22.7. The quantitative estimate of drug-likeness (QED) is 0.143. The first-order chi connectivity index (χ1) is 19.4. The molecule has 0 bridgehead atoms. The van der Waals surface area contributed by atoms with Gasteiger partial charge in [0.1, 0.15) is 10.0 Å². The van der Waals surface area contributed by atoms with E-state index in [0.29, 0.717) is 40.1 Å². The van der Waals surface area contributed by atoms with Crippen molar-refractivity contribution < 1.29 is 13.2 Å². The van der Waals surface area contributed by atoms with Crippen molar-refractivity contribution in [3.63, 3.8) is 0 Å². The minimum atomic E-state index is -3.59. The van der Waals surface area contributed by atoms with Crippen LogP contribution in [0.4, 0.5) is 0 Å². The lowest BCUT2D eigenvalue weighted by atomic mass is 10.1. The molecule has 5 rings (SSSR count). The molecule has 7 nitrogen and oxygen atoms in total. The zero-order chi connectivity index (χ0) is 28.1. The molecule has 0 saturated carbocycles. The summed E-state index contributed by atoms with van der Waals surface area (Å²) in [5.41, 5.74) is 2.87.